The number of nitrogens with zero attached hydrogens (tertiary/aromatic N) is 1. The van der Waals surface area contributed by atoms with Crippen LogP contribution in [0.25, 0.3) is 0 Å². The number of hydrogen-bond acceptors (Lipinski definition) is 4. The van der Waals surface area contributed by atoms with Crippen molar-refractivity contribution in [2.24, 2.45) is 11.7 Å². The van der Waals surface area contributed by atoms with E-state index in [2.05, 4.69) is 6.92 Å². The van der Waals surface area contributed by atoms with Gasteiger partial charge in [-0.05, 0) is 24.8 Å². The lowest BCUT2D eigenvalue weighted by Gasteiger charge is -2.33. The highest BCUT2D eigenvalue weighted by molar-refractivity contribution is 7.89. The summed E-state index contributed by atoms with van der Waals surface area (Å²) in [5.41, 5.74) is 5.55. The molecule has 1 aliphatic carbocycles. The van der Waals surface area contributed by atoms with E-state index in [1.807, 2.05) is 0 Å². The molecule has 4 nitrogen and oxygen atoms in total. The van der Waals surface area contributed by atoms with E-state index in [0.29, 0.717) is 17.4 Å². The van der Waals surface area contributed by atoms with Gasteiger partial charge in [-0.1, -0.05) is 19.8 Å². The van der Waals surface area contributed by atoms with Gasteiger partial charge in [0, 0.05) is 29.9 Å². The molecule has 0 aromatic carbocycles. The van der Waals surface area contributed by atoms with Crippen molar-refractivity contribution < 1.29 is 8.42 Å². The maximum atomic E-state index is 12.6. The molecular weight excluding hydrogens is 280 g/mol. The molecule has 19 heavy (non-hydrogen) atoms. The van der Waals surface area contributed by atoms with Gasteiger partial charge in [0.2, 0.25) is 10.0 Å². The van der Waals surface area contributed by atoms with E-state index >= 15 is 0 Å². The highest BCUT2D eigenvalue weighted by Crippen LogP contribution is 2.30. The summed E-state index contributed by atoms with van der Waals surface area (Å²) in [4.78, 5) is 1.29. The molecule has 0 bridgehead atoms. The molecule has 6 heteroatoms. The molecule has 1 aliphatic rings. The fraction of sp³-hybridized carbons (Fsp3) is 0.692. The van der Waals surface area contributed by atoms with Crippen molar-refractivity contribution in [2.75, 3.05) is 7.05 Å². The first-order valence-corrected chi connectivity index (χ1v) is 9.02. The number of nitrogens with two attached hydrogens (primary N) is 1. The smallest absolute Gasteiger partial charge is 0.243 e. The van der Waals surface area contributed by atoms with E-state index < -0.39 is 10.0 Å². The minimum atomic E-state index is -3.36. The van der Waals surface area contributed by atoms with E-state index in [4.69, 9.17) is 5.73 Å². The van der Waals surface area contributed by atoms with Crippen LogP contribution in [-0.2, 0) is 16.6 Å². The SMILES string of the molecule is CC1CCCC(N(C)S(=O)(=O)c2csc(CN)c2)C1. The summed E-state index contributed by atoms with van der Waals surface area (Å²) in [6.07, 6.45) is 4.25. The first-order valence-electron chi connectivity index (χ1n) is 6.70. The van der Waals surface area contributed by atoms with E-state index in [-0.39, 0.29) is 6.04 Å². The fourth-order valence-electron chi connectivity index (χ4n) is 2.70. The Labute approximate surface area is 119 Å². The predicted molar refractivity (Wildman–Crippen MR) is 78.6 cm³/mol. The number of sulfonamides is 1. The van der Waals surface area contributed by atoms with Gasteiger partial charge in [-0.15, -0.1) is 11.3 Å². The largest absolute Gasteiger partial charge is 0.326 e. The van der Waals surface area contributed by atoms with Crippen molar-refractivity contribution >= 4 is 21.4 Å². The third-order valence-corrected chi connectivity index (χ3v) is 6.93. The molecule has 1 aromatic rings. The molecule has 1 aromatic heterocycles. The molecule has 1 heterocycles. The van der Waals surface area contributed by atoms with Gasteiger partial charge in [-0.2, -0.15) is 4.31 Å². The normalized spacial score (nSPS) is 24.8. The topological polar surface area (TPSA) is 63.4 Å². The number of rotatable bonds is 4. The molecular formula is C13H22N2O2S2. The Morgan fingerprint density at radius 2 is 2.21 bits per heavy atom. The van der Waals surface area contributed by atoms with E-state index in [0.717, 1.165) is 24.1 Å². The lowest BCUT2D eigenvalue weighted by Crippen LogP contribution is -2.39. The van der Waals surface area contributed by atoms with Crippen molar-refractivity contribution in [3.8, 4) is 0 Å². The summed E-state index contributed by atoms with van der Waals surface area (Å²) < 4.78 is 26.7. The van der Waals surface area contributed by atoms with Crippen LogP contribution in [0, 0.1) is 5.92 Å². The molecule has 0 radical (unpaired) electrons. The van der Waals surface area contributed by atoms with Crippen LogP contribution in [0.1, 0.15) is 37.5 Å². The van der Waals surface area contributed by atoms with Crippen LogP contribution in [0.15, 0.2) is 16.3 Å². The first-order chi connectivity index (χ1) is 8.95. The molecule has 1 fully saturated rings. The van der Waals surface area contributed by atoms with Crippen LogP contribution in [0.5, 0.6) is 0 Å². The van der Waals surface area contributed by atoms with Crippen molar-refractivity contribution in [1.82, 2.24) is 4.31 Å². The summed E-state index contributed by atoms with van der Waals surface area (Å²) in [5.74, 6) is 0.610. The molecule has 2 atom stereocenters. The molecule has 0 amide bonds. The van der Waals surface area contributed by atoms with E-state index in [9.17, 15) is 8.42 Å². The Morgan fingerprint density at radius 1 is 1.47 bits per heavy atom. The van der Waals surface area contributed by atoms with Crippen molar-refractivity contribution in [2.45, 2.75) is 50.1 Å². The Balaban J connectivity index is 2.18. The van der Waals surface area contributed by atoms with Gasteiger partial charge in [0.15, 0.2) is 0 Å². The second kappa shape index (κ2) is 5.91. The van der Waals surface area contributed by atoms with Crippen molar-refractivity contribution in [3.05, 3.63) is 16.3 Å². The molecule has 0 saturated heterocycles. The Bertz CT molecular complexity index is 525. The standard InChI is InChI=1S/C13H22N2O2S2/c1-10-4-3-5-11(6-10)15(2)19(16,17)13-7-12(8-14)18-9-13/h7,9-11H,3-6,8,14H2,1-2H3. The molecule has 0 aliphatic heterocycles. The fourth-order valence-corrected chi connectivity index (χ4v) is 5.24. The third kappa shape index (κ3) is 3.18. The summed E-state index contributed by atoms with van der Waals surface area (Å²) in [6, 6.07) is 1.83. The van der Waals surface area contributed by atoms with Gasteiger partial charge < -0.3 is 5.73 Å². The van der Waals surface area contributed by atoms with E-state index in [1.54, 1.807) is 22.8 Å². The maximum Gasteiger partial charge on any atom is 0.243 e. The Hall–Kier alpha value is -0.430. The molecule has 2 N–H and O–H groups in total. The van der Waals surface area contributed by atoms with Crippen LogP contribution in [0.2, 0.25) is 0 Å². The zero-order valence-corrected chi connectivity index (χ0v) is 13.1. The van der Waals surface area contributed by atoms with Crippen molar-refractivity contribution in [3.63, 3.8) is 0 Å². The first kappa shape index (κ1) is 15.0. The molecule has 0 spiro atoms. The predicted octanol–water partition coefficient (Wildman–Crippen LogP) is 2.41. The van der Waals surface area contributed by atoms with Crippen LogP contribution < -0.4 is 5.73 Å². The minimum absolute atomic E-state index is 0.134. The third-order valence-electron chi connectivity index (χ3n) is 3.93. The highest BCUT2D eigenvalue weighted by Gasteiger charge is 2.31. The number of thiophene rings is 1. The molecule has 108 valence electrons. The lowest BCUT2D eigenvalue weighted by molar-refractivity contribution is 0.239. The van der Waals surface area contributed by atoms with Gasteiger partial charge in [-0.25, -0.2) is 8.42 Å². The van der Waals surface area contributed by atoms with Crippen LogP contribution in [0.4, 0.5) is 0 Å². The number of hydrogen-bond donors (Lipinski definition) is 1. The van der Waals surface area contributed by atoms with E-state index in [1.165, 1.54) is 17.8 Å². The highest BCUT2D eigenvalue weighted by atomic mass is 32.2. The molecule has 2 rings (SSSR count). The van der Waals surface area contributed by atoms with Crippen LogP contribution in [-0.4, -0.2) is 25.8 Å². The summed E-state index contributed by atoms with van der Waals surface area (Å²) in [7, 11) is -1.66. The monoisotopic (exact) mass is 302 g/mol. The van der Waals surface area contributed by atoms with Gasteiger partial charge in [0.05, 0.1) is 4.90 Å². The Kier molecular flexibility index (Phi) is 4.66. The Morgan fingerprint density at radius 3 is 2.79 bits per heavy atom. The molecule has 2 unspecified atom stereocenters. The minimum Gasteiger partial charge on any atom is -0.326 e. The van der Waals surface area contributed by atoms with Crippen molar-refractivity contribution in [1.29, 1.82) is 0 Å². The summed E-state index contributed by atoms with van der Waals surface area (Å²) in [5, 5.41) is 1.69. The zero-order chi connectivity index (χ0) is 14.0. The lowest BCUT2D eigenvalue weighted by atomic mass is 9.87. The summed E-state index contributed by atoms with van der Waals surface area (Å²) >= 11 is 1.41. The molecule has 1 saturated carbocycles. The van der Waals surface area contributed by atoms with Crippen LogP contribution in [0.3, 0.4) is 0 Å². The van der Waals surface area contributed by atoms with Gasteiger partial charge in [-0.3, -0.25) is 0 Å². The van der Waals surface area contributed by atoms with Gasteiger partial charge in [0.1, 0.15) is 0 Å². The average molecular weight is 302 g/mol. The quantitative estimate of drug-likeness (QED) is 0.929. The zero-order valence-electron chi connectivity index (χ0n) is 11.5. The van der Waals surface area contributed by atoms with Crippen LogP contribution >= 0.6 is 11.3 Å². The maximum absolute atomic E-state index is 12.6. The van der Waals surface area contributed by atoms with Gasteiger partial charge in [0.25, 0.3) is 0 Å². The second-order valence-corrected chi connectivity index (χ2v) is 8.39. The van der Waals surface area contributed by atoms with Gasteiger partial charge >= 0.3 is 0 Å². The average Bonchev–Trinajstić information content (AvgIpc) is 2.87. The summed E-state index contributed by atoms with van der Waals surface area (Å²) in [6.45, 7) is 2.59. The second-order valence-electron chi connectivity index (χ2n) is 5.40.